The van der Waals surface area contributed by atoms with Crippen molar-refractivity contribution in [1.29, 1.82) is 0 Å². The lowest BCUT2D eigenvalue weighted by molar-refractivity contribution is -0.537. The third-order valence-electron chi connectivity index (χ3n) is 2.58. The van der Waals surface area contributed by atoms with Gasteiger partial charge in [0.05, 0.1) is 0 Å². The van der Waals surface area contributed by atoms with Gasteiger partial charge < -0.3 is 0 Å². The van der Waals surface area contributed by atoms with Crippen LogP contribution >= 0.6 is 0 Å². The molecule has 1 aliphatic heterocycles. The fourth-order valence-corrected chi connectivity index (χ4v) is 2.12. The van der Waals surface area contributed by atoms with Crippen LogP contribution in [0.25, 0.3) is 0 Å². The van der Waals surface area contributed by atoms with E-state index in [1.165, 1.54) is 32.4 Å². The zero-order valence-corrected chi connectivity index (χ0v) is 8.71. The number of rotatable bonds is 3. The molecule has 0 N–H and O–H groups in total. The van der Waals surface area contributed by atoms with Crippen LogP contribution in [0.4, 0.5) is 0 Å². The van der Waals surface area contributed by atoms with Crippen molar-refractivity contribution >= 4 is 6.21 Å². The van der Waals surface area contributed by atoms with Crippen molar-refractivity contribution in [3.05, 3.63) is 0 Å². The monoisotopic (exact) mass is 168 g/mol. The quantitative estimate of drug-likeness (QED) is 0.570. The van der Waals surface area contributed by atoms with Crippen LogP contribution in [0.5, 0.6) is 0 Å². The van der Waals surface area contributed by atoms with E-state index in [1.54, 1.807) is 0 Å². The third kappa shape index (κ3) is 2.96. The van der Waals surface area contributed by atoms with Crippen LogP contribution in [0.1, 0.15) is 40.0 Å². The Kier molecular flexibility index (Phi) is 3.77. The minimum atomic E-state index is 0.797. The van der Waals surface area contributed by atoms with E-state index in [4.69, 9.17) is 0 Å². The van der Waals surface area contributed by atoms with Gasteiger partial charge >= 0.3 is 0 Å². The first-order valence-corrected chi connectivity index (χ1v) is 5.31. The number of nitrogens with zero attached hydrogens (tertiary/aromatic N) is 1. The van der Waals surface area contributed by atoms with Crippen molar-refractivity contribution in [3.63, 3.8) is 0 Å². The van der Waals surface area contributed by atoms with Gasteiger partial charge in [-0.2, -0.15) is 0 Å². The second kappa shape index (κ2) is 4.64. The average molecular weight is 168 g/mol. The lowest BCUT2D eigenvalue weighted by Crippen LogP contribution is -2.29. The fraction of sp³-hybridized carbons (Fsp3) is 0.909. The summed E-state index contributed by atoms with van der Waals surface area (Å²) in [4.78, 5) is 0. The second-order valence-electron chi connectivity index (χ2n) is 4.32. The molecule has 70 valence electrons. The number of unbranched alkanes of at least 4 members (excludes halogenated alkanes) is 1. The van der Waals surface area contributed by atoms with E-state index in [2.05, 4.69) is 31.6 Å². The molecule has 0 aromatic carbocycles. The minimum absolute atomic E-state index is 0.797. The van der Waals surface area contributed by atoms with Gasteiger partial charge in [0.2, 0.25) is 0 Å². The highest BCUT2D eigenvalue weighted by atomic mass is 15.0. The van der Waals surface area contributed by atoms with Gasteiger partial charge in [0.1, 0.15) is 19.3 Å². The summed E-state index contributed by atoms with van der Waals surface area (Å²) >= 11 is 0. The molecular weight excluding hydrogens is 146 g/mol. The number of hydrogen-bond donors (Lipinski definition) is 0. The van der Waals surface area contributed by atoms with E-state index in [1.807, 2.05) is 0 Å². The zero-order valence-electron chi connectivity index (χ0n) is 8.71. The summed E-state index contributed by atoms with van der Waals surface area (Å²) < 4.78 is 2.52. The van der Waals surface area contributed by atoms with Gasteiger partial charge in [-0.3, -0.25) is 0 Å². The fourth-order valence-electron chi connectivity index (χ4n) is 2.12. The first-order chi connectivity index (χ1) is 5.72. The summed E-state index contributed by atoms with van der Waals surface area (Å²) in [7, 11) is 0. The molecule has 1 heterocycles. The summed E-state index contributed by atoms with van der Waals surface area (Å²) in [5.74, 6) is 1.69. The van der Waals surface area contributed by atoms with Crippen molar-refractivity contribution in [2.75, 3.05) is 13.1 Å². The molecule has 0 amide bonds. The Morgan fingerprint density at radius 1 is 1.42 bits per heavy atom. The van der Waals surface area contributed by atoms with Crippen LogP contribution < -0.4 is 0 Å². The highest BCUT2D eigenvalue weighted by Gasteiger charge is 2.20. The topological polar surface area (TPSA) is 3.01 Å². The molecule has 0 fully saturated rings. The van der Waals surface area contributed by atoms with Crippen molar-refractivity contribution in [3.8, 4) is 0 Å². The maximum Gasteiger partial charge on any atom is 0.145 e. The SMILES string of the molecule is CCCC[N+]1=C[C@@H](C)C[C@H](C)C1. The number of hydrogen-bond acceptors (Lipinski definition) is 0. The Labute approximate surface area is 76.5 Å². The van der Waals surface area contributed by atoms with Gasteiger partial charge in [-0.25, -0.2) is 4.58 Å². The molecule has 0 aromatic rings. The Morgan fingerprint density at radius 2 is 2.17 bits per heavy atom. The van der Waals surface area contributed by atoms with E-state index < -0.39 is 0 Å². The molecule has 0 saturated heterocycles. The zero-order chi connectivity index (χ0) is 8.97. The van der Waals surface area contributed by atoms with Gasteiger partial charge in [0.15, 0.2) is 0 Å². The van der Waals surface area contributed by atoms with Crippen LogP contribution in [-0.2, 0) is 0 Å². The summed E-state index contributed by atoms with van der Waals surface area (Å²) in [6.45, 7) is 9.50. The van der Waals surface area contributed by atoms with Crippen LogP contribution in [-0.4, -0.2) is 23.9 Å². The predicted octanol–water partition coefficient (Wildman–Crippen LogP) is 2.55. The van der Waals surface area contributed by atoms with Gasteiger partial charge in [0, 0.05) is 18.3 Å². The van der Waals surface area contributed by atoms with Crippen molar-refractivity contribution < 1.29 is 4.58 Å². The second-order valence-corrected chi connectivity index (χ2v) is 4.32. The molecule has 1 rings (SSSR count). The lowest BCUT2D eigenvalue weighted by atomic mass is 9.95. The first-order valence-electron chi connectivity index (χ1n) is 5.31. The molecule has 1 nitrogen and oxygen atoms in total. The molecule has 0 unspecified atom stereocenters. The van der Waals surface area contributed by atoms with Crippen molar-refractivity contribution in [1.82, 2.24) is 0 Å². The Morgan fingerprint density at radius 3 is 2.75 bits per heavy atom. The van der Waals surface area contributed by atoms with E-state index in [-0.39, 0.29) is 0 Å². The highest BCUT2D eigenvalue weighted by molar-refractivity contribution is 5.55. The molecule has 12 heavy (non-hydrogen) atoms. The van der Waals surface area contributed by atoms with E-state index in [0.29, 0.717) is 0 Å². The summed E-state index contributed by atoms with van der Waals surface area (Å²) in [5.41, 5.74) is 0. The molecule has 0 saturated carbocycles. The predicted molar refractivity (Wildman–Crippen MR) is 53.9 cm³/mol. The lowest BCUT2D eigenvalue weighted by Gasteiger charge is -2.18. The first kappa shape index (κ1) is 9.76. The molecule has 0 spiro atoms. The van der Waals surface area contributed by atoms with Gasteiger partial charge in [-0.15, -0.1) is 0 Å². The van der Waals surface area contributed by atoms with Gasteiger partial charge in [-0.1, -0.05) is 27.2 Å². The van der Waals surface area contributed by atoms with Gasteiger partial charge in [0.25, 0.3) is 0 Å². The standard InChI is InChI=1S/C11H22N/c1-4-5-6-12-8-10(2)7-11(3)9-12/h8,10-11H,4-7,9H2,1-3H3/q+1/t10-,11-/m0/s1. The summed E-state index contributed by atoms with van der Waals surface area (Å²) in [6, 6.07) is 0. The largest absolute Gasteiger partial charge is 0.239 e. The Hall–Kier alpha value is -0.330. The van der Waals surface area contributed by atoms with Crippen LogP contribution in [0.2, 0.25) is 0 Å². The van der Waals surface area contributed by atoms with E-state index >= 15 is 0 Å². The van der Waals surface area contributed by atoms with Crippen LogP contribution in [0, 0.1) is 11.8 Å². The smallest absolute Gasteiger partial charge is 0.145 e. The maximum absolute atomic E-state index is 2.52. The minimum Gasteiger partial charge on any atom is -0.239 e. The molecule has 1 aliphatic rings. The van der Waals surface area contributed by atoms with Crippen LogP contribution in [0.15, 0.2) is 0 Å². The molecule has 0 radical (unpaired) electrons. The molecule has 0 bridgehead atoms. The van der Waals surface area contributed by atoms with Gasteiger partial charge in [-0.05, 0) is 6.42 Å². The molecular formula is C11H22N+. The van der Waals surface area contributed by atoms with E-state index in [0.717, 1.165) is 11.8 Å². The molecule has 0 aromatic heterocycles. The normalized spacial score (nSPS) is 30.1. The van der Waals surface area contributed by atoms with Crippen molar-refractivity contribution in [2.45, 2.75) is 40.0 Å². The maximum atomic E-state index is 2.52. The van der Waals surface area contributed by atoms with Crippen molar-refractivity contribution in [2.24, 2.45) is 11.8 Å². The Bertz CT molecular complexity index is 160. The van der Waals surface area contributed by atoms with E-state index in [9.17, 15) is 0 Å². The Balaban J connectivity index is 2.40. The van der Waals surface area contributed by atoms with Crippen LogP contribution in [0.3, 0.4) is 0 Å². The summed E-state index contributed by atoms with van der Waals surface area (Å²) in [5, 5.41) is 0. The summed E-state index contributed by atoms with van der Waals surface area (Å²) in [6.07, 6.45) is 6.46. The molecule has 2 atom stereocenters. The highest BCUT2D eigenvalue weighted by Crippen LogP contribution is 2.15. The third-order valence-corrected chi connectivity index (χ3v) is 2.58. The molecule has 0 aliphatic carbocycles. The molecule has 1 heteroatoms. The average Bonchev–Trinajstić information content (AvgIpc) is 1.99.